The van der Waals surface area contributed by atoms with Gasteiger partial charge in [-0.3, -0.25) is 0 Å². The first kappa shape index (κ1) is 26.4. The van der Waals surface area contributed by atoms with Gasteiger partial charge in [0.15, 0.2) is 0 Å². The third-order valence-electron chi connectivity index (χ3n) is 7.47. The van der Waals surface area contributed by atoms with Gasteiger partial charge in [-0.05, 0) is 0 Å². The average molecular weight is 781 g/mol. The molecule has 40 heavy (non-hydrogen) atoms. The SMILES string of the molecule is Cc1ncc2c(N)nc3c(I4CC[I-]C4)nc(C(=O)N4CC(F)CC5Oc6cc(C(F)(F)F)ccc6[C@@H]54)cc3n12. The van der Waals surface area contributed by atoms with Crippen molar-refractivity contribution in [1.82, 2.24) is 24.3 Å². The van der Waals surface area contributed by atoms with E-state index < -0.39 is 55.8 Å². The molecule has 2 fully saturated rings. The number of carbonyl (C=O) groups is 1. The summed E-state index contributed by atoms with van der Waals surface area (Å²) in [5, 5.41) is 0. The number of pyridine rings is 1. The van der Waals surface area contributed by atoms with E-state index in [1.54, 1.807) is 12.3 Å². The van der Waals surface area contributed by atoms with Gasteiger partial charge in [0.2, 0.25) is 0 Å². The maximum absolute atomic E-state index is 15.0. The van der Waals surface area contributed by atoms with E-state index in [1.165, 1.54) is 15.4 Å². The van der Waals surface area contributed by atoms with Crippen LogP contribution in [0.5, 0.6) is 5.75 Å². The van der Waals surface area contributed by atoms with Crippen LogP contribution in [0.2, 0.25) is 0 Å². The van der Waals surface area contributed by atoms with Gasteiger partial charge in [0.05, 0.1) is 0 Å². The van der Waals surface area contributed by atoms with Gasteiger partial charge in [-0.1, -0.05) is 0 Å². The number of alkyl halides is 8. The van der Waals surface area contributed by atoms with Crippen LogP contribution in [0.3, 0.4) is 0 Å². The number of piperidine rings is 1. The molecule has 14 heteroatoms. The number of nitrogens with zero attached hydrogens (tertiary/aromatic N) is 5. The number of nitrogen functional groups attached to an aromatic ring is 1. The van der Waals surface area contributed by atoms with E-state index in [0.717, 1.165) is 22.7 Å². The molecule has 2 unspecified atom stereocenters. The van der Waals surface area contributed by atoms with Crippen LogP contribution >= 0.6 is 19.8 Å². The minimum atomic E-state index is -4.54. The summed E-state index contributed by atoms with van der Waals surface area (Å²) in [6.07, 6.45) is -5.09. The zero-order valence-electron chi connectivity index (χ0n) is 21.1. The number of anilines is 1. The van der Waals surface area contributed by atoms with Crippen molar-refractivity contribution in [2.45, 2.75) is 37.8 Å². The van der Waals surface area contributed by atoms with Gasteiger partial charge < -0.3 is 0 Å². The quantitative estimate of drug-likeness (QED) is 0.144. The van der Waals surface area contributed by atoms with Crippen LogP contribution in [0, 0.1) is 10.6 Å². The van der Waals surface area contributed by atoms with Gasteiger partial charge in [-0.15, -0.1) is 0 Å². The molecule has 6 heterocycles. The van der Waals surface area contributed by atoms with E-state index in [4.69, 9.17) is 20.4 Å². The second-order valence-electron chi connectivity index (χ2n) is 9.96. The summed E-state index contributed by atoms with van der Waals surface area (Å²) in [6.45, 7) is 1.64. The van der Waals surface area contributed by atoms with Crippen molar-refractivity contribution < 1.29 is 48.3 Å². The number of halogens is 6. The molecule has 212 valence electrons. The number of benzene rings is 1. The fourth-order valence-corrected chi connectivity index (χ4v) is 24.3. The number of nitrogens with two attached hydrogens (primary N) is 1. The monoisotopic (exact) mass is 781 g/mol. The molecule has 7 rings (SSSR count). The third-order valence-corrected chi connectivity index (χ3v) is 23.4. The number of carbonyl (C=O) groups excluding carboxylic acids is 1. The van der Waals surface area contributed by atoms with E-state index in [0.29, 0.717) is 33.8 Å². The Morgan fingerprint density at radius 1 is 1.23 bits per heavy atom. The summed E-state index contributed by atoms with van der Waals surface area (Å²) in [6, 6.07) is 4.19. The van der Waals surface area contributed by atoms with Crippen molar-refractivity contribution in [3.8, 4) is 5.75 Å². The van der Waals surface area contributed by atoms with Gasteiger partial charge in [0.25, 0.3) is 0 Å². The van der Waals surface area contributed by atoms with Gasteiger partial charge in [0, 0.05) is 0 Å². The molecule has 3 aliphatic rings. The molecule has 2 saturated heterocycles. The Kier molecular flexibility index (Phi) is 6.29. The Bertz CT molecular complexity index is 1690. The second-order valence-corrected chi connectivity index (χ2v) is 21.3. The molecule has 1 amide bonds. The summed E-state index contributed by atoms with van der Waals surface area (Å²) in [7, 11) is 0. The summed E-state index contributed by atoms with van der Waals surface area (Å²) < 4.78 is 67.0. The van der Waals surface area contributed by atoms with Crippen molar-refractivity contribution in [3.63, 3.8) is 0 Å². The predicted molar refractivity (Wildman–Crippen MR) is 144 cm³/mol. The van der Waals surface area contributed by atoms with Crippen LogP contribution in [-0.4, -0.2) is 60.3 Å². The van der Waals surface area contributed by atoms with Crippen molar-refractivity contribution in [1.29, 1.82) is 0 Å². The third kappa shape index (κ3) is 4.18. The summed E-state index contributed by atoms with van der Waals surface area (Å²) >= 11 is -1.61. The molecular formula is C26H23F4I2N6O2-. The molecule has 3 aliphatic heterocycles. The number of ether oxygens (including phenoxy) is 1. The molecule has 0 spiro atoms. The molecule has 3 atom stereocenters. The van der Waals surface area contributed by atoms with Crippen molar-refractivity contribution in [2.75, 3.05) is 23.6 Å². The van der Waals surface area contributed by atoms with E-state index in [9.17, 15) is 22.4 Å². The standard InChI is InChI=1S/C26H23F4I2N6O2/c1-12-34-9-18-24(33)36-21-17(38(12)18)8-16(35-23(21)32-5-4-31-11-32)25(39)37-10-14(27)7-20-22(37)15-3-2-13(26(28,29)30)6-19(15)40-20/h2-3,6,8-9,14,20,22H,4-5,7,10-11H2,1H3,(H2,33,36)/q-1/t14?,20?,22-/m0/s1. The Labute approximate surface area is 243 Å². The topological polar surface area (TPSA) is 98.6 Å². The van der Waals surface area contributed by atoms with E-state index in [2.05, 4.69) is 4.98 Å². The zero-order chi connectivity index (χ0) is 27.9. The van der Waals surface area contributed by atoms with Crippen LogP contribution in [-0.2, 0) is 6.18 Å². The maximum atomic E-state index is 15.0. The molecule has 0 aliphatic carbocycles. The Balaban J connectivity index is 1.37. The molecule has 0 bridgehead atoms. The Hall–Kier alpha value is -2.50. The first-order chi connectivity index (χ1) is 19.1. The number of fused-ring (bicyclic) bond motifs is 6. The molecule has 4 aromatic rings. The van der Waals surface area contributed by atoms with Gasteiger partial charge in [0.1, 0.15) is 0 Å². The summed E-state index contributed by atoms with van der Waals surface area (Å²) in [5.41, 5.74) is 8.05. The fraction of sp³-hybridized carbons (Fsp3) is 0.385. The molecule has 2 N–H and O–H groups in total. The van der Waals surface area contributed by atoms with E-state index >= 15 is 0 Å². The normalized spacial score (nSPS) is 23.7. The number of imidazole rings is 1. The van der Waals surface area contributed by atoms with Gasteiger partial charge >= 0.3 is 245 Å². The minimum absolute atomic E-state index is 0.0154. The number of likely N-dealkylation sites (tertiary alicyclic amines) is 1. The molecule has 8 nitrogen and oxygen atoms in total. The van der Waals surface area contributed by atoms with Gasteiger partial charge in [-0.25, -0.2) is 0 Å². The number of amides is 1. The summed E-state index contributed by atoms with van der Waals surface area (Å²) in [5.74, 6) is 0.580. The number of rotatable bonds is 2. The second kappa shape index (κ2) is 9.52. The van der Waals surface area contributed by atoms with Gasteiger partial charge in [-0.2, -0.15) is 0 Å². The molecular weight excluding hydrogens is 758 g/mol. The number of hydrogen-bond acceptors (Lipinski definition) is 6. The van der Waals surface area contributed by atoms with E-state index in [1.807, 2.05) is 11.3 Å². The molecule has 1 aromatic carbocycles. The fourth-order valence-electron chi connectivity index (χ4n) is 5.67. The van der Waals surface area contributed by atoms with Crippen LogP contribution in [0.4, 0.5) is 23.4 Å². The first-order valence-electron chi connectivity index (χ1n) is 12.5. The van der Waals surface area contributed by atoms with E-state index in [-0.39, 0.29) is 45.6 Å². The molecule has 3 aromatic heterocycles. The average Bonchev–Trinajstić information content (AvgIpc) is 3.65. The molecule has 0 saturated carbocycles. The number of aryl methyl sites for hydroxylation is 1. The Morgan fingerprint density at radius 2 is 2.05 bits per heavy atom. The first-order valence-corrected chi connectivity index (χ1v) is 19.7. The Morgan fingerprint density at radius 3 is 2.80 bits per heavy atom. The summed E-state index contributed by atoms with van der Waals surface area (Å²) in [4.78, 5) is 29.6. The van der Waals surface area contributed by atoms with Crippen LogP contribution in [0.1, 0.15) is 39.9 Å². The number of aromatic nitrogens is 4. The van der Waals surface area contributed by atoms with Crippen molar-refractivity contribution >= 4 is 48.1 Å². The van der Waals surface area contributed by atoms with Crippen molar-refractivity contribution in [2.24, 2.45) is 0 Å². The number of hydrogen-bond donors (Lipinski definition) is 1. The van der Waals surface area contributed by atoms with Crippen molar-refractivity contribution in [3.05, 3.63) is 56.8 Å². The van der Waals surface area contributed by atoms with Crippen LogP contribution in [0.15, 0.2) is 30.5 Å². The van der Waals surface area contributed by atoms with Crippen LogP contribution < -0.4 is 31.7 Å². The van der Waals surface area contributed by atoms with Crippen LogP contribution in [0.25, 0.3) is 16.6 Å². The predicted octanol–water partition coefficient (Wildman–Crippen LogP) is 1.61. The molecule has 0 radical (unpaired) electrons. The zero-order valence-corrected chi connectivity index (χ0v) is 25.4.